The molecule has 0 aromatic carbocycles. The van der Waals surface area contributed by atoms with Gasteiger partial charge in [0, 0.05) is 14.0 Å². The molecule has 1 aromatic heterocycles. The van der Waals surface area contributed by atoms with Gasteiger partial charge in [0.2, 0.25) is 5.91 Å². The maximum absolute atomic E-state index is 11.0. The van der Waals surface area contributed by atoms with E-state index in [0.29, 0.717) is 5.76 Å². The molecule has 0 unspecified atom stereocenters. The van der Waals surface area contributed by atoms with Crippen LogP contribution in [0.4, 0.5) is 5.69 Å². The van der Waals surface area contributed by atoms with Crippen LogP contribution >= 0.6 is 0 Å². The van der Waals surface area contributed by atoms with E-state index in [4.69, 9.17) is 4.52 Å². The fraction of sp³-hybridized carbons (Fsp3) is 0.500. The van der Waals surface area contributed by atoms with Crippen LogP contribution in [0.15, 0.2) is 4.52 Å². The number of aryl methyl sites for hydroxylation is 2. The van der Waals surface area contributed by atoms with Gasteiger partial charge in [0.05, 0.1) is 0 Å². The summed E-state index contributed by atoms with van der Waals surface area (Å²) in [7, 11) is 1.70. The Morgan fingerprint density at radius 3 is 2.42 bits per heavy atom. The molecular weight excluding hydrogens is 156 g/mol. The summed E-state index contributed by atoms with van der Waals surface area (Å²) in [5, 5.41) is 3.75. The highest BCUT2D eigenvalue weighted by Gasteiger charge is 2.15. The lowest BCUT2D eigenvalue weighted by Gasteiger charge is -2.13. The van der Waals surface area contributed by atoms with Crippen LogP contribution < -0.4 is 4.90 Å². The maximum Gasteiger partial charge on any atom is 0.223 e. The minimum absolute atomic E-state index is 0.0237. The van der Waals surface area contributed by atoms with Gasteiger partial charge in [-0.15, -0.1) is 0 Å². The summed E-state index contributed by atoms with van der Waals surface area (Å²) in [6.45, 7) is 5.10. The molecule has 1 heterocycles. The van der Waals surface area contributed by atoms with Crippen LogP contribution in [0.1, 0.15) is 18.4 Å². The molecule has 12 heavy (non-hydrogen) atoms. The molecule has 0 N–H and O–H groups in total. The van der Waals surface area contributed by atoms with Crippen LogP contribution in [0, 0.1) is 13.8 Å². The summed E-state index contributed by atoms with van der Waals surface area (Å²) in [6, 6.07) is 0. The van der Waals surface area contributed by atoms with Gasteiger partial charge >= 0.3 is 0 Å². The molecule has 66 valence electrons. The number of nitrogens with zero attached hydrogens (tertiary/aromatic N) is 2. The second-order valence-corrected chi connectivity index (χ2v) is 2.75. The molecule has 0 saturated carbocycles. The summed E-state index contributed by atoms with van der Waals surface area (Å²) in [4.78, 5) is 12.5. The number of hydrogen-bond donors (Lipinski definition) is 0. The molecule has 0 aliphatic rings. The van der Waals surface area contributed by atoms with Gasteiger partial charge in [-0.1, -0.05) is 5.16 Å². The molecule has 0 bridgehead atoms. The number of carbonyl (C=O) groups is 1. The lowest BCUT2D eigenvalue weighted by Crippen LogP contribution is -2.23. The van der Waals surface area contributed by atoms with Crippen LogP contribution in [-0.2, 0) is 4.79 Å². The van der Waals surface area contributed by atoms with Crippen LogP contribution in [0.2, 0.25) is 0 Å². The first-order valence-electron chi connectivity index (χ1n) is 3.71. The lowest BCUT2D eigenvalue weighted by atomic mass is 10.3. The molecular formula is C8H12N2O2. The molecule has 0 aliphatic heterocycles. The van der Waals surface area contributed by atoms with Gasteiger partial charge < -0.3 is 9.42 Å². The molecule has 4 nitrogen and oxygen atoms in total. The Morgan fingerprint density at radius 1 is 1.50 bits per heavy atom. The molecule has 0 aliphatic carbocycles. The quantitative estimate of drug-likeness (QED) is 0.634. The average molecular weight is 168 g/mol. The summed E-state index contributed by atoms with van der Waals surface area (Å²) in [6.07, 6.45) is 0. The summed E-state index contributed by atoms with van der Waals surface area (Å²) >= 11 is 0. The maximum atomic E-state index is 11.0. The first kappa shape index (κ1) is 8.77. The second kappa shape index (κ2) is 2.97. The van der Waals surface area contributed by atoms with E-state index in [0.717, 1.165) is 11.4 Å². The standard InChI is InChI=1S/C8H12N2O2/c1-5-8(6(2)12-9-5)10(4)7(3)11/h1-4H3. The largest absolute Gasteiger partial charge is 0.359 e. The number of hydrogen-bond acceptors (Lipinski definition) is 3. The van der Waals surface area contributed by atoms with Gasteiger partial charge in [0.15, 0.2) is 5.76 Å². The van der Waals surface area contributed by atoms with Crippen molar-refractivity contribution in [2.24, 2.45) is 0 Å². The third kappa shape index (κ3) is 1.32. The van der Waals surface area contributed by atoms with E-state index in [1.54, 1.807) is 14.0 Å². The Hall–Kier alpha value is -1.32. The van der Waals surface area contributed by atoms with Crippen molar-refractivity contribution in [1.82, 2.24) is 5.16 Å². The van der Waals surface area contributed by atoms with E-state index in [2.05, 4.69) is 5.16 Å². The SMILES string of the molecule is CC(=O)N(C)c1c(C)noc1C. The van der Waals surface area contributed by atoms with Crippen molar-refractivity contribution < 1.29 is 9.32 Å². The summed E-state index contributed by atoms with van der Waals surface area (Å²) in [5.41, 5.74) is 1.51. The number of amides is 1. The van der Waals surface area contributed by atoms with Crippen LogP contribution in [-0.4, -0.2) is 18.1 Å². The van der Waals surface area contributed by atoms with Crippen molar-refractivity contribution in [3.63, 3.8) is 0 Å². The summed E-state index contributed by atoms with van der Waals surface area (Å²) in [5.74, 6) is 0.648. The van der Waals surface area contributed by atoms with Crippen molar-refractivity contribution in [3.05, 3.63) is 11.5 Å². The zero-order chi connectivity index (χ0) is 9.30. The van der Waals surface area contributed by atoms with E-state index in [-0.39, 0.29) is 5.91 Å². The minimum Gasteiger partial charge on any atom is -0.359 e. The number of anilines is 1. The average Bonchev–Trinajstić information content (AvgIpc) is 2.30. The molecule has 0 spiro atoms. The normalized spacial score (nSPS) is 10.0. The van der Waals surface area contributed by atoms with E-state index in [1.165, 1.54) is 11.8 Å². The molecule has 1 amide bonds. The monoisotopic (exact) mass is 168 g/mol. The predicted octanol–water partition coefficient (Wildman–Crippen LogP) is 1.27. The van der Waals surface area contributed by atoms with Gasteiger partial charge in [-0.3, -0.25) is 4.79 Å². The smallest absolute Gasteiger partial charge is 0.223 e. The van der Waals surface area contributed by atoms with Crippen molar-refractivity contribution >= 4 is 11.6 Å². The van der Waals surface area contributed by atoms with Gasteiger partial charge in [0.1, 0.15) is 11.4 Å². The van der Waals surface area contributed by atoms with Gasteiger partial charge in [-0.05, 0) is 13.8 Å². The molecule has 0 radical (unpaired) electrons. The molecule has 4 heteroatoms. The van der Waals surface area contributed by atoms with Crippen LogP contribution in [0.5, 0.6) is 0 Å². The van der Waals surface area contributed by atoms with Gasteiger partial charge in [-0.25, -0.2) is 0 Å². The summed E-state index contributed by atoms with van der Waals surface area (Å²) < 4.78 is 4.92. The van der Waals surface area contributed by atoms with Gasteiger partial charge in [0.25, 0.3) is 0 Å². The Labute approximate surface area is 71.1 Å². The molecule has 0 saturated heterocycles. The minimum atomic E-state index is -0.0237. The molecule has 0 fully saturated rings. The zero-order valence-corrected chi connectivity index (χ0v) is 7.71. The Balaban J connectivity index is 3.08. The fourth-order valence-corrected chi connectivity index (χ4v) is 1.11. The van der Waals surface area contributed by atoms with Crippen LogP contribution in [0.25, 0.3) is 0 Å². The van der Waals surface area contributed by atoms with E-state index in [1.807, 2.05) is 6.92 Å². The highest BCUT2D eigenvalue weighted by molar-refractivity contribution is 5.91. The topological polar surface area (TPSA) is 46.3 Å². The van der Waals surface area contributed by atoms with E-state index in [9.17, 15) is 4.79 Å². The van der Waals surface area contributed by atoms with Crippen molar-refractivity contribution in [3.8, 4) is 0 Å². The Morgan fingerprint density at radius 2 is 2.08 bits per heavy atom. The number of aromatic nitrogens is 1. The highest BCUT2D eigenvalue weighted by Crippen LogP contribution is 2.22. The van der Waals surface area contributed by atoms with Crippen molar-refractivity contribution in [2.75, 3.05) is 11.9 Å². The van der Waals surface area contributed by atoms with Crippen molar-refractivity contribution in [2.45, 2.75) is 20.8 Å². The lowest BCUT2D eigenvalue weighted by molar-refractivity contribution is -0.116. The molecule has 0 atom stereocenters. The zero-order valence-electron chi connectivity index (χ0n) is 7.71. The first-order chi connectivity index (χ1) is 5.54. The Kier molecular flexibility index (Phi) is 2.17. The van der Waals surface area contributed by atoms with E-state index >= 15 is 0 Å². The van der Waals surface area contributed by atoms with Crippen molar-refractivity contribution in [1.29, 1.82) is 0 Å². The Bertz CT molecular complexity index is 285. The number of carbonyl (C=O) groups excluding carboxylic acids is 1. The number of rotatable bonds is 1. The fourth-order valence-electron chi connectivity index (χ4n) is 1.11. The third-order valence-corrected chi connectivity index (χ3v) is 1.80. The highest BCUT2D eigenvalue weighted by atomic mass is 16.5. The second-order valence-electron chi connectivity index (χ2n) is 2.75. The third-order valence-electron chi connectivity index (χ3n) is 1.80. The molecule has 1 aromatic rings. The predicted molar refractivity (Wildman–Crippen MR) is 45.1 cm³/mol. The van der Waals surface area contributed by atoms with E-state index < -0.39 is 0 Å². The van der Waals surface area contributed by atoms with Crippen LogP contribution in [0.3, 0.4) is 0 Å². The first-order valence-corrected chi connectivity index (χ1v) is 3.71. The molecule has 1 rings (SSSR count). The van der Waals surface area contributed by atoms with Gasteiger partial charge in [-0.2, -0.15) is 0 Å².